The normalized spacial score (nSPS) is 17.9. The first kappa shape index (κ1) is 24.5. The summed E-state index contributed by atoms with van der Waals surface area (Å²) >= 11 is 6.43. The number of aryl methyl sites for hydroxylation is 1. The molecule has 1 fully saturated rings. The maximum absolute atomic E-state index is 13.2. The van der Waals surface area contributed by atoms with Gasteiger partial charge >= 0.3 is 5.97 Å². The number of carbonyl (C=O) groups is 4. The minimum absolute atomic E-state index is 0.0874. The summed E-state index contributed by atoms with van der Waals surface area (Å²) < 4.78 is 5.30. The Hall–Kier alpha value is -3.19. The number of ether oxygens (including phenoxy) is 1. The number of rotatable bonds is 6. The molecule has 2 amide bonds. The maximum atomic E-state index is 13.2. The van der Waals surface area contributed by atoms with Crippen LogP contribution in [0.2, 0.25) is 5.02 Å². The van der Waals surface area contributed by atoms with E-state index in [4.69, 9.17) is 16.3 Å². The Balaban J connectivity index is 1.83. The van der Waals surface area contributed by atoms with E-state index in [0.717, 1.165) is 12.8 Å². The molecule has 2 aromatic carbocycles. The molecule has 1 atom stereocenters. The molecule has 0 spiro atoms. The molecule has 33 heavy (non-hydrogen) atoms. The van der Waals surface area contributed by atoms with Crippen LogP contribution in [0.15, 0.2) is 42.5 Å². The largest absolute Gasteiger partial charge is 0.452 e. The zero-order valence-corrected chi connectivity index (χ0v) is 19.7. The fourth-order valence-electron chi connectivity index (χ4n) is 4.32. The number of likely N-dealkylation sites (N-methyl/N-ethyl adjacent to an activating group) is 1. The van der Waals surface area contributed by atoms with Gasteiger partial charge in [-0.3, -0.25) is 14.4 Å². The summed E-state index contributed by atoms with van der Waals surface area (Å²) in [6.07, 6.45) is 2.29. The van der Waals surface area contributed by atoms with Crippen molar-refractivity contribution >= 4 is 40.9 Å². The van der Waals surface area contributed by atoms with E-state index in [1.165, 1.54) is 24.9 Å². The third kappa shape index (κ3) is 4.93. The molecule has 1 saturated carbocycles. The second-order valence-corrected chi connectivity index (χ2v) is 8.59. The third-order valence-electron chi connectivity index (χ3n) is 6.04. The highest BCUT2D eigenvalue weighted by molar-refractivity contribution is 6.31. The summed E-state index contributed by atoms with van der Waals surface area (Å²) in [5.74, 6) is -1.68. The molecule has 0 aliphatic heterocycles. The highest BCUT2D eigenvalue weighted by atomic mass is 35.5. The van der Waals surface area contributed by atoms with E-state index >= 15 is 0 Å². The van der Waals surface area contributed by atoms with Gasteiger partial charge in [0.25, 0.3) is 5.91 Å². The van der Waals surface area contributed by atoms with Gasteiger partial charge in [0.05, 0.1) is 11.3 Å². The number of hydrogen-bond donors (Lipinski definition) is 1. The van der Waals surface area contributed by atoms with Gasteiger partial charge in [0.1, 0.15) is 5.54 Å². The van der Waals surface area contributed by atoms with E-state index in [-0.39, 0.29) is 17.3 Å². The summed E-state index contributed by atoms with van der Waals surface area (Å²) in [7, 11) is 1.54. The number of nitrogens with zero attached hydrogens (tertiary/aromatic N) is 1. The summed E-state index contributed by atoms with van der Waals surface area (Å²) in [6, 6.07) is 11.9. The van der Waals surface area contributed by atoms with Crippen LogP contribution in [0.3, 0.4) is 0 Å². The van der Waals surface area contributed by atoms with Crippen LogP contribution in [0, 0.1) is 6.92 Å². The van der Waals surface area contributed by atoms with Crippen LogP contribution >= 0.6 is 11.6 Å². The minimum Gasteiger partial charge on any atom is -0.452 e. The topological polar surface area (TPSA) is 92.8 Å². The van der Waals surface area contributed by atoms with Gasteiger partial charge in [-0.25, -0.2) is 4.79 Å². The molecular formula is C25H27ClN2O5. The Kier molecular flexibility index (Phi) is 7.53. The molecule has 0 bridgehead atoms. The zero-order chi connectivity index (χ0) is 24.2. The number of esters is 1. The van der Waals surface area contributed by atoms with Crippen LogP contribution in [-0.4, -0.2) is 42.1 Å². The standard InChI is InChI=1S/C25H27ClN2O5/c1-16-9-8-10-18(23(16)27-17(2)29)24(32)33-15-22(31)28(3)25(14-7-6-13-21(25)30)19-11-4-5-12-20(19)26/h4-5,8-12H,6-7,13-15H2,1-3H3,(H,27,29). The first-order valence-electron chi connectivity index (χ1n) is 10.8. The van der Waals surface area contributed by atoms with Crippen molar-refractivity contribution in [3.63, 3.8) is 0 Å². The van der Waals surface area contributed by atoms with Crippen LogP contribution in [-0.2, 0) is 24.7 Å². The van der Waals surface area contributed by atoms with Gasteiger partial charge in [0.15, 0.2) is 12.4 Å². The average Bonchev–Trinajstić information content (AvgIpc) is 2.79. The molecule has 7 nitrogen and oxygen atoms in total. The summed E-state index contributed by atoms with van der Waals surface area (Å²) in [5.41, 5.74) is 0.546. The minimum atomic E-state index is -1.20. The van der Waals surface area contributed by atoms with Crippen molar-refractivity contribution in [2.24, 2.45) is 0 Å². The number of ketones is 1. The van der Waals surface area contributed by atoms with Crippen molar-refractivity contribution in [1.82, 2.24) is 4.90 Å². The fourth-order valence-corrected chi connectivity index (χ4v) is 4.62. The quantitative estimate of drug-likeness (QED) is 0.637. The highest BCUT2D eigenvalue weighted by Gasteiger charge is 2.48. The van der Waals surface area contributed by atoms with Crippen molar-refractivity contribution in [3.8, 4) is 0 Å². The lowest BCUT2D eigenvalue weighted by molar-refractivity contribution is -0.150. The first-order chi connectivity index (χ1) is 15.7. The smallest absolute Gasteiger partial charge is 0.340 e. The lowest BCUT2D eigenvalue weighted by atomic mass is 9.74. The van der Waals surface area contributed by atoms with E-state index in [1.807, 2.05) is 0 Å². The average molecular weight is 471 g/mol. The van der Waals surface area contributed by atoms with Gasteiger partial charge in [-0.05, 0) is 43.9 Å². The monoisotopic (exact) mass is 470 g/mol. The van der Waals surface area contributed by atoms with E-state index in [1.54, 1.807) is 43.3 Å². The van der Waals surface area contributed by atoms with Crippen molar-refractivity contribution in [2.75, 3.05) is 19.0 Å². The summed E-state index contributed by atoms with van der Waals surface area (Å²) in [5, 5.41) is 3.04. The van der Waals surface area contributed by atoms with Crippen molar-refractivity contribution in [1.29, 1.82) is 0 Å². The Morgan fingerprint density at radius 3 is 2.52 bits per heavy atom. The number of carbonyl (C=O) groups excluding carboxylic acids is 4. The van der Waals surface area contributed by atoms with Gasteiger partial charge in [-0.15, -0.1) is 0 Å². The number of anilines is 1. The van der Waals surface area contributed by atoms with E-state index in [2.05, 4.69) is 5.32 Å². The summed E-state index contributed by atoms with van der Waals surface area (Å²) in [4.78, 5) is 51.9. The molecular weight excluding hydrogens is 444 g/mol. The molecule has 1 aliphatic rings. The lowest BCUT2D eigenvalue weighted by Gasteiger charge is -2.43. The third-order valence-corrected chi connectivity index (χ3v) is 6.37. The number of nitrogens with one attached hydrogen (secondary N) is 1. The lowest BCUT2D eigenvalue weighted by Crippen LogP contribution is -2.55. The van der Waals surface area contributed by atoms with Gasteiger partial charge in [-0.2, -0.15) is 0 Å². The fraction of sp³-hybridized carbons (Fsp3) is 0.360. The number of hydrogen-bond acceptors (Lipinski definition) is 5. The maximum Gasteiger partial charge on any atom is 0.340 e. The molecule has 0 saturated heterocycles. The van der Waals surface area contributed by atoms with E-state index < -0.39 is 24.0 Å². The zero-order valence-electron chi connectivity index (χ0n) is 18.9. The highest BCUT2D eigenvalue weighted by Crippen LogP contribution is 2.42. The Bertz CT molecular complexity index is 1100. The van der Waals surface area contributed by atoms with Crippen LogP contribution in [0.25, 0.3) is 0 Å². The second-order valence-electron chi connectivity index (χ2n) is 8.18. The molecule has 1 unspecified atom stereocenters. The number of Topliss-reactive ketones (excluding diaryl/α,β-unsaturated/α-hetero) is 1. The van der Waals surface area contributed by atoms with Gasteiger partial charge in [0, 0.05) is 31.0 Å². The first-order valence-corrected chi connectivity index (χ1v) is 11.2. The van der Waals surface area contributed by atoms with Gasteiger partial charge < -0.3 is 15.0 Å². The molecule has 2 aromatic rings. The van der Waals surface area contributed by atoms with Crippen LogP contribution in [0.1, 0.15) is 54.1 Å². The van der Waals surface area contributed by atoms with Crippen molar-refractivity contribution in [2.45, 2.75) is 45.1 Å². The SMILES string of the molecule is CC(=O)Nc1c(C)cccc1C(=O)OCC(=O)N(C)C1(c2ccccc2Cl)CCCCC1=O. The number of halogens is 1. The van der Waals surface area contributed by atoms with Crippen LogP contribution in [0.5, 0.6) is 0 Å². The van der Waals surface area contributed by atoms with E-state index in [0.29, 0.717) is 34.7 Å². The Morgan fingerprint density at radius 2 is 1.85 bits per heavy atom. The van der Waals surface area contributed by atoms with E-state index in [9.17, 15) is 19.2 Å². The van der Waals surface area contributed by atoms with Crippen molar-refractivity contribution < 1.29 is 23.9 Å². The molecule has 8 heteroatoms. The number of amides is 2. The van der Waals surface area contributed by atoms with Crippen molar-refractivity contribution in [3.05, 3.63) is 64.2 Å². The predicted octanol–water partition coefficient (Wildman–Crippen LogP) is 4.26. The predicted molar refractivity (Wildman–Crippen MR) is 125 cm³/mol. The van der Waals surface area contributed by atoms with Gasteiger partial charge in [-0.1, -0.05) is 41.9 Å². The molecule has 0 aromatic heterocycles. The molecule has 1 aliphatic carbocycles. The Morgan fingerprint density at radius 1 is 1.12 bits per heavy atom. The van der Waals surface area contributed by atoms with Crippen LogP contribution < -0.4 is 5.32 Å². The molecule has 174 valence electrons. The Labute approximate surface area is 198 Å². The van der Waals surface area contributed by atoms with Crippen LogP contribution in [0.4, 0.5) is 5.69 Å². The number of benzene rings is 2. The molecule has 1 N–H and O–H groups in total. The van der Waals surface area contributed by atoms with Gasteiger partial charge in [0.2, 0.25) is 5.91 Å². The summed E-state index contributed by atoms with van der Waals surface area (Å²) in [6.45, 7) is 2.54. The molecule has 3 rings (SSSR count). The number of para-hydroxylation sites is 1. The molecule has 0 radical (unpaired) electrons. The second kappa shape index (κ2) is 10.2. The molecule has 0 heterocycles.